The quantitative estimate of drug-likeness (QED) is 0.550. The third kappa shape index (κ3) is 4.10. The lowest BCUT2D eigenvalue weighted by Crippen LogP contribution is -2.37. The van der Waals surface area contributed by atoms with Crippen LogP contribution in [0.4, 0.5) is 11.8 Å². The molecule has 2 fully saturated rings. The summed E-state index contributed by atoms with van der Waals surface area (Å²) in [5, 5.41) is 10.9. The summed E-state index contributed by atoms with van der Waals surface area (Å²) in [4.78, 5) is 33.9. The van der Waals surface area contributed by atoms with Crippen molar-refractivity contribution in [2.45, 2.75) is 56.5 Å². The molecule has 3 aromatic heterocycles. The highest BCUT2D eigenvalue weighted by Gasteiger charge is 2.44. The first-order chi connectivity index (χ1) is 15.9. The lowest BCUT2D eigenvalue weighted by Gasteiger charge is -2.15. The molecule has 11 heteroatoms. The van der Waals surface area contributed by atoms with E-state index in [1.807, 2.05) is 0 Å². The fraction of sp³-hybridized carbons (Fsp3) is 0.500. The lowest BCUT2D eigenvalue weighted by molar-refractivity contribution is 0.353. The predicted octanol–water partition coefficient (Wildman–Crippen LogP) is 1.82. The monoisotopic (exact) mass is 453 g/mol. The summed E-state index contributed by atoms with van der Waals surface area (Å²) in [6, 6.07) is 3.95. The number of hydrogen-bond donors (Lipinski definition) is 2. The summed E-state index contributed by atoms with van der Waals surface area (Å²) >= 11 is 0. The van der Waals surface area contributed by atoms with E-state index in [4.69, 9.17) is 9.26 Å². The van der Waals surface area contributed by atoms with Crippen LogP contribution < -0.4 is 26.6 Å². The molecule has 0 aromatic carbocycles. The van der Waals surface area contributed by atoms with Crippen molar-refractivity contribution in [2.24, 2.45) is 7.05 Å². The van der Waals surface area contributed by atoms with Gasteiger partial charge in [0.25, 0.3) is 5.95 Å². The first-order valence-corrected chi connectivity index (χ1v) is 11.1. The second-order valence-corrected chi connectivity index (χ2v) is 9.11. The van der Waals surface area contributed by atoms with E-state index >= 15 is 0 Å². The summed E-state index contributed by atoms with van der Waals surface area (Å²) in [7, 11) is 2.96. The Bertz CT molecular complexity index is 1270. The van der Waals surface area contributed by atoms with Crippen LogP contribution in [0.1, 0.15) is 44.9 Å². The van der Waals surface area contributed by atoms with Gasteiger partial charge in [-0.2, -0.15) is 4.98 Å². The molecule has 0 bridgehead atoms. The first-order valence-electron chi connectivity index (χ1n) is 11.1. The van der Waals surface area contributed by atoms with E-state index in [9.17, 15) is 9.59 Å². The number of aryl methyl sites for hydroxylation is 1. The van der Waals surface area contributed by atoms with Crippen LogP contribution in [0, 0.1) is 0 Å². The van der Waals surface area contributed by atoms with Gasteiger partial charge in [-0.1, -0.05) is 6.92 Å². The van der Waals surface area contributed by atoms with Gasteiger partial charge in [0.1, 0.15) is 5.82 Å². The van der Waals surface area contributed by atoms with Gasteiger partial charge in [-0.25, -0.2) is 14.3 Å². The molecule has 174 valence electrons. The van der Waals surface area contributed by atoms with Crippen LogP contribution in [0.15, 0.2) is 38.6 Å². The molecule has 3 heterocycles. The number of nitrogens with zero attached hydrogens (tertiary/aromatic N) is 5. The highest BCUT2D eigenvalue weighted by atomic mass is 16.5. The van der Waals surface area contributed by atoms with Gasteiger partial charge in [0.05, 0.1) is 25.2 Å². The van der Waals surface area contributed by atoms with Crippen molar-refractivity contribution in [3.05, 3.63) is 51.3 Å². The number of anilines is 2. The number of ether oxygens (including phenoxy) is 1. The van der Waals surface area contributed by atoms with E-state index in [0.29, 0.717) is 23.3 Å². The molecular weight excluding hydrogens is 426 g/mol. The highest BCUT2D eigenvalue weighted by Crippen LogP contribution is 2.46. The molecule has 0 radical (unpaired) electrons. The molecule has 2 aliphatic carbocycles. The average Bonchev–Trinajstić information content (AvgIpc) is 3.18. The molecule has 0 saturated heterocycles. The maximum absolute atomic E-state index is 12.5. The van der Waals surface area contributed by atoms with E-state index in [-0.39, 0.29) is 23.2 Å². The van der Waals surface area contributed by atoms with E-state index in [0.717, 1.165) is 36.7 Å². The maximum Gasteiger partial charge on any atom is 0.335 e. The number of rotatable bonds is 7. The highest BCUT2D eigenvalue weighted by molar-refractivity contribution is 5.42. The Kier molecular flexibility index (Phi) is 5.18. The largest absolute Gasteiger partial charge is 0.490 e. The number of pyridine rings is 1. The van der Waals surface area contributed by atoms with Crippen LogP contribution in [0.3, 0.4) is 0 Å². The Morgan fingerprint density at radius 2 is 1.94 bits per heavy atom. The van der Waals surface area contributed by atoms with Gasteiger partial charge in [0.15, 0.2) is 0 Å². The molecule has 5 rings (SSSR count). The summed E-state index contributed by atoms with van der Waals surface area (Å²) in [5.41, 5.74) is -0.542. The number of aromatic nitrogens is 5. The molecule has 2 saturated carbocycles. The Hall–Kier alpha value is -3.63. The Morgan fingerprint density at radius 3 is 2.61 bits per heavy atom. The number of methoxy groups -OCH3 is 1. The standard InChI is InChI=1S/C22H27N7O4/c1-22(8-9-22)19-26-20(27-33-19)25-14-5-4-13(10-14)24-17-7-6-15(11-23-17)29-18(30)16(32-3)12-28(2)21(29)31/h6-7,11-14H,4-5,8-10H2,1-3H3,(H,23,24)(H,25,27)/t13-,14-/m0/s1. The second kappa shape index (κ2) is 8.05. The minimum absolute atomic E-state index is 0.0603. The fourth-order valence-corrected chi connectivity index (χ4v) is 4.18. The van der Waals surface area contributed by atoms with Gasteiger partial charge in [-0.3, -0.25) is 9.36 Å². The zero-order valence-electron chi connectivity index (χ0n) is 18.9. The summed E-state index contributed by atoms with van der Waals surface area (Å²) < 4.78 is 12.8. The summed E-state index contributed by atoms with van der Waals surface area (Å²) in [6.07, 6.45) is 7.91. The molecule has 33 heavy (non-hydrogen) atoms. The Labute approximate surface area is 189 Å². The minimum Gasteiger partial charge on any atom is -0.490 e. The molecule has 0 aliphatic heterocycles. The topological polar surface area (TPSA) is 129 Å². The first kappa shape index (κ1) is 21.2. The molecule has 3 aromatic rings. The van der Waals surface area contributed by atoms with E-state index in [1.165, 1.54) is 24.1 Å². The van der Waals surface area contributed by atoms with Gasteiger partial charge in [-0.15, -0.1) is 0 Å². The van der Waals surface area contributed by atoms with Crippen molar-refractivity contribution in [2.75, 3.05) is 17.7 Å². The number of hydrogen-bond acceptors (Lipinski definition) is 9. The van der Waals surface area contributed by atoms with Crippen LogP contribution in [0.25, 0.3) is 5.69 Å². The van der Waals surface area contributed by atoms with E-state index in [2.05, 4.69) is 32.7 Å². The van der Waals surface area contributed by atoms with Gasteiger partial charge in [-0.05, 0) is 49.4 Å². The lowest BCUT2D eigenvalue weighted by atomic mass is 10.1. The van der Waals surface area contributed by atoms with Crippen LogP contribution in [-0.4, -0.2) is 43.5 Å². The van der Waals surface area contributed by atoms with Crippen molar-refractivity contribution < 1.29 is 9.26 Å². The minimum atomic E-state index is -0.520. The zero-order chi connectivity index (χ0) is 23.2. The zero-order valence-corrected chi connectivity index (χ0v) is 18.9. The van der Waals surface area contributed by atoms with Gasteiger partial charge >= 0.3 is 11.2 Å². The summed E-state index contributed by atoms with van der Waals surface area (Å²) in [5.74, 6) is 2.04. The van der Waals surface area contributed by atoms with Crippen LogP contribution >= 0.6 is 0 Å². The average molecular weight is 454 g/mol. The smallest absolute Gasteiger partial charge is 0.335 e. The third-order valence-electron chi connectivity index (χ3n) is 6.50. The fourth-order valence-electron chi connectivity index (χ4n) is 4.18. The maximum atomic E-state index is 12.5. The van der Waals surface area contributed by atoms with Crippen LogP contribution in [0.5, 0.6) is 5.75 Å². The van der Waals surface area contributed by atoms with Crippen molar-refractivity contribution >= 4 is 11.8 Å². The summed E-state index contributed by atoms with van der Waals surface area (Å²) in [6.45, 7) is 2.14. The molecule has 2 atom stereocenters. The Morgan fingerprint density at radius 1 is 1.18 bits per heavy atom. The third-order valence-corrected chi connectivity index (χ3v) is 6.50. The normalized spacial score (nSPS) is 21.1. The molecule has 11 nitrogen and oxygen atoms in total. The van der Waals surface area contributed by atoms with Crippen molar-refractivity contribution in [1.29, 1.82) is 0 Å². The molecular formula is C22H27N7O4. The van der Waals surface area contributed by atoms with Gasteiger partial charge in [0, 0.05) is 24.5 Å². The van der Waals surface area contributed by atoms with Crippen molar-refractivity contribution in [3.8, 4) is 11.4 Å². The van der Waals surface area contributed by atoms with E-state index < -0.39 is 11.2 Å². The van der Waals surface area contributed by atoms with E-state index in [1.54, 1.807) is 19.2 Å². The second-order valence-electron chi connectivity index (χ2n) is 9.11. The van der Waals surface area contributed by atoms with Crippen molar-refractivity contribution in [1.82, 2.24) is 24.3 Å². The van der Waals surface area contributed by atoms with Crippen LogP contribution in [-0.2, 0) is 12.5 Å². The SMILES string of the molecule is COc1cn(C)c(=O)n(-c2ccc(N[C@H]3CC[C@H](Nc4noc(C5(C)CC5)n4)C3)nc2)c1=O. The molecule has 0 spiro atoms. The van der Waals surface area contributed by atoms with Crippen molar-refractivity contribution in [3.63, 3.8) is 0 Å². The van der Waals surface area contributed by atoms with Gasteiger partial charge < -0.3 is 19.9 Å². The molecule has 2 aliphatic rings. The Balaban J connectivity index is 1.23. The van der Waals surface area contributed by atoms with Crippen LogP contribution in [0.2, 0.25) is 0 Å². The molecule has 0 unspecified atom stereocenters. The number of nitrogens with one attached hydrogen (secondary N) is 2. The molecule has 0 amide bonds. The molecule has 2 N–H and O–H groups in total. The predicted molar refractivity (Wildman–Crippen MR) is 121 cm³/mol. The van der Waals surface area contributed by atoms with Gasteiger partial charge in [0.2, 0.25) is 11.6 Å².